The molecule has 1 saturated heterocycles. The predicted molar refractivity (Wildman–Crippen MR) is 131 cm³/mol. The molecule has 2 aliphatic heterocycles. The third-order valence-electron chi connectivity index (χ3n) is 7.11. The SMILES string of the molecule is CCOC(=O)[C@]12CCC=C1N(Cc1ccc3c(c1)OCO3)C(=O)[C@@H](CC(=O)NCc1ccccc1)C2. The van der Waals surface area contributed by atoms with Gasteiger partial charge in [0.05, 0.1) is 13.2 Å². The van der Waals surface area contributed by atoms with Crippen LogP contribution < -0.4 is 14.8 Å². The Kier molecular flexibility index (Phi) is 6.67. The number of esters is 1. The molecule has 2 amide bonds. The van der Waals surface area contributed by atoms with Crippen LogP contribution in [0.25, 0.3) is 0 Å². The van der Waals surface area contributed by atoms with E-state index in [1.807, 2.05) is 54.6 Å². The maximum atomic E-state index is 13.7. The van der Waals surface area contributed by atoms with Gasteiger partial charge < -0.3 is 24.4 Å². The third-order valence-corrected chi connectivity index (χ3v) is 7.11. The van der Waals surface area contributed by atoms with E-state index in [4.69, 9.17) is 14.2 Å². The highest BCUT2D eigenvalue weighted by molar-refractivity contribution is 5.92. The minimum absolute atomic E-state index is 0.0116. The van der Waals surface area contributed by atoms with Gasteiger partial charge in [0.1, 0.15) is 5.41 Å². The van der Waals surface area contributed by atoms with E-state index < -0.39 is 11.3 Å². The van der Waals surface area contributed by atoms with Crippen molar-refractivity contribution in [3.63, 3.8) is 0 Å². The number of piperidine rings is 1. The number of ether oxygens (including phenoxy) is 3. The zero-order valence-corrected chi connectivity index (χ0v) is 20.3. The van der Waals surface area contributed by atoms with E-state index in [-0.39, 0.29) is 50.6 Å². The number of allylic oxidation sites excluding steroid dienone is 1. The Bertz CT molecular complexity index is 1190. The number of hydrogen-bond acceptors (Lipinski definition) is 6. The molecule has 1 N–H and O–H groups in total. The van der Waals surface area contributed by atoms with E-state index in [9.17, 15) is 14.4 Å². The van der Waals surface area contributed by atoms with Crippen molar-refractivity contribution >= 4 is 17.8 Å². The predicted octanol–water partition coefficient (Wildman–Crippen LogP) is 3.70. The summed E-state index contributed by atoms with van der Waals surface area (Å²) >= 11 is 0. The van der Waals surface area contributed by atoms with Crippen molar-refractivity contribution in [1.82, 2.24) is 10.2 Å². The first kappa shape index (κ1) is 23.9. The Morgan fingerprint density at radius 2 is 1.92 bits per heavy atom. The molecule has 8 heteroatoms. The molecule has 0 unspecified atom stereocenters. The number of rotatable bonds is 8. The van der Waals surface area contributed by atoms with Crippen LogP contribution in [0.15, 0.2) is 60.3 Å². The van der Waals surface area contributed by atoms with Crippen LogP contribution in [0, 0.1) is 11.3 Å². The first-order valence-corrected chi connectivity index (χ1v) is 12.4. The van der Waals surface area contributed by atoms with Crippen LogP contribution in [0.5, 0.6) is 11.5 Å². The number of benzene rings is 2. The second-order valence-corrected chi connectivity index (χ2v) is 9.41. The topological polar surface area (TPSA) is 94.2 Å². The lowest BCUT2D eigenvalue weighted by atomic mass is 9.71. The highest BCUT2D eigenvalue weighted by Crippen LogP contribution is 2.51. The molecule has 0 radical (unpaired) electrons. The average Bonchev–Trinajstić information content (AvgIpc) is 3.53. The number of fused-ring (bicyclic) bond motifs is 2. The fourth-order valence-electron chi connectivity index (χ4n) is 5.40. The lowest BCUT2D eigenvalue weighted by Gasteiger charge is -2.44. The maximum absolute atomic E-state index is 13.7. The zero-order valence-electron chi connectivity index (χ0n) is 20.3. The van der Waals surface area contributed by atoms with Crippen LogP contribution in [-0.4, -0.2) is 36.1 Å². The summed E-state index contributed by atoms with van der Waals surface area (Å²) in [6.07, 6.45) is 3.48. The minimum Gasteiger partial charge on any atom is -0.465 e. The molecule has 3 aliphatic rings. The molecule has 1 fully saturated rings. The minimum atomic E-state index is -0.926. The number of nitrogens with one attached hydrogen (secondary N) is 1. The number of carbonyl (C=O) groups excluding carboxylic acids is 3. The molecule has 0 bridgehead atoms. The fourth-order valence-corrected chi connectivity index (χ4v) is 5.40. The molecule has 0 saturated carbocycles. The number of likely N-dealkylation sites (tertiary alicyclic amines) is 1. The Morgan fingerprint density at radius 3 is 2.72 bits per heavy atom. The average molecular weight is 491 g/mol. The Balaban J connectivity index is 1.38. The molecular weight excluding hydrogens is 460 g/mol. The van der Waals surface area contributed by atoms with Crippen LogP contribution in [-0.2, 0) is 32.2 Å². The van der Waals surface area contributed by atoms with Gasteiger partial charge in [-0.1, -0.05) is 42.5 Å². The lowest BCUT2D eigenvalue weighted by molar-refractivity contribution is -0.161. The molecule has 2 atom stereocenters. The maximum Gasteiger partial charge on any atom is 0.318 e. The van der Waals surface area contributed by atoms with Crippen molar-refractivity contribution in [2.24, 2.45) is 11.3 Å². The quantitative estimate of drug-likeness (QED) is 0.567. The molecule has 2 aromatic carbocycles. The van der Waals surface area contributed by atoms with Crippen molar-refractivity contribution in [3.8, 4) is 11.5 Å². The molecule has 5 rings (SSSR count). The van der Waals surface area contributed by atoms with E-state index in [1.165, 1.54) is 0 Å². The van der Waals surface area contributed by atoms with Crippen LogP contribution in [0.2, 0.25) is 0 Å². The normalized spacial score (nSPS) is 22.1. The summed E-state index contributed by atoms with van der Waals surface area (Å²) in [4.78, 5) is 41.5. The van der Waals surface area contributed by atoms with Crippen LogP contribution in [0.3, 0.4) is 0 Å². The Morgan fingerprint density at radius 1 is 1.11 bits per heavy atom. The standard InChI is InChI=1S/C28H30N2O6/c1-2-34-27(33)28-12-6-9-24(28)30(17-20-10-11-22-23(13-20)36-18-35-22)26(32)21(15-28)14-25(31)29-16-19-7-4-3-5-8-19/h3-5,7-11,13,21H,2,6,12,14-18H2,1H3,(H,29,31)/t21-,28-/m0/s1. The molecule has 1 aliphatic carbocycles. The van der Waals surface area contributed by atoms with Gasteiger partial charge in [0.15, 0.2) is 11.5 Å². The molecular formula is C28H30N2O6. The molecule has 0 aromatic heterocycles. The fraction of sp³-hybridized carbons (Fsp3) is 0.393. The van der Waals surface area contributed by atoms with E-state index >= 15 is 0 Å². The highest BCUT2D eigenvalue weighted by Gasteiger charge is 2.55. The monoisotopic (exact) mass is 490 g/mol. The van der Waals surface area contributed by atoms with Gasteiger partial charge in [-0.2, -0.15) is 0 Å². The molecule has 36 heavy (non-hydrogen) atoms. The number of amides is 2. The van der Waals surface area contributed by atoms with E-state index in [0.29, 0.717) is 36.6 Å². The molecule has 2 aromatic rings. The van der Waals surface area contributed by atoms with Crippen molar-refractivity contribution in [2.75, 3.05) is 13.4 Å². The van der Waals surface area contributed by atoms with E-state index in [2.05, 4.69) is 5.32 Å². The van der Waals surface area contributed by atoms with Crippen LogP contribution in [0.4, 0.5) is 0 Å². The van der Waals surface area contributed by atoms with Gasteiger partial charge in [-0.05, 0) is 49.4 Å². The molecule has 188 valence electrons. The van der Waals surface area contributed by atoms with Crippen molar-refractivity contribution in [3.05, 3.63) is 71.4 Å². The highest BCUT2D eigenvalue weighted by atomic mass is 16.7. The first-order valence-electron chi connectivity index (χ1n) is 12.4. The lowest BCUT2D eigenvalue weighted by Crippen LogP contribution is -2.52. The smallest absolute Gasteiger partial charge is 0.318 e. The molecule has 8 nitrogen and oxygen atoms in total. The second kappa shape index (κ2) is 10.0. The zero-order chi connectivity index (χ0) is 25.1. The summed E-state index contributed by atoms with van der Waals surface area (Å²) in [6.45, 7) is 2.85. The number of nitrogens with zero attached hydrogens (tertiary/aromatic N) is 1. The second-order valence-electron chi connectivity index (χ2n) is 9.41. The van der Waals surface area contributed by atoms with Gasteiger partial charge in [0.25, 0.3) is 0 Å². The third kappa shape index (κ3) is 4.55. The Labute approximate surface area is 210 Å². The van der Waals surface area contributed by atoms with Crippen molar-refractivity contribution < 1.29 is 28.6 Å². The first-order chi connectivity index (χ1) is 17.5. The Hall–Kier alpha value is -3.81. The summed E-state index contributed by atoms with van der Waals surface area (Å²) in [7, 11) is 0. The van der Waals surface area contributed by atoms with E-state index in [1.54, 1.807) is 11.8 Å². The summed E-state index contributed by atoms with van der Waals surface area (Å²) in [5.74, 6) is -0.0372. The summed E-state index contributed by atoms with van der Waals surface area (Å²) in [6, 6.07) is 15.2. The summed E-state index contributed by atoms with van der Waals surface area (Å²) < 4.78 is 16.4. The van der Waals surface area contributed by atoms with Gasteiger partial charge in [-0.25, -0.2) is 0 Å². The molecule has 0 spiro atoms. The largest absolute Gasteiger partial charge is 0.465 e. The van der Waals surface area contributed by atoms with Crippen LogP contribution in [0.1, 0.15) is 43.7 Å². The molecule has 2 heterocycles. The van der Waals surface area contributed by atoms with E-state index in [0.717, 1.165) is 11.1 Å². The number of carbonyl (C=O) groups is 3. The van der Waals surface area contributed by atoms with Gasteiger partial charge in [0, 0.05) is 24.6 Å². The van der Waals surface area contributed by atoms with Gasteiger partial charge >= 0.3 is 5.97 Å². The number of hydrogen-bond donors (Lipinski definition) is 1. The summed E-state index contributed by atoms with van der Waals surface area (Å²) in [5.41, 5.74) is 1.59. The van der Waals surface area contributed by atoms with Crippen molar-refractivity contribution in [2.45, 2.75) is 45.7 Å². The van der Waals surface area contributed by atoms with Gasteiger partial charge in [-0.15, -0.1) is 0 Å². The van der Waals surface area contributed by atoms with Crippen molar-refractivity contribution in [1.29, 1.82) is 0 Å². The van der Waals surface area contributed by atoms with Crippen LogP contribution >= 0.6 is 0 Å². The van der Waals surface area contributed by atoms with Gasteiger partial charge in [-0.3, -0.25) is 14.4 Å². The summed E-state index contributed by atoms with van der Waals surface area (Å²) in [5, 5.41) is 2.92. The van der Waals surface area contributed by atoms with Gasteiger partial charge in [0.2, 0.25) is 18.6 Å².